The number of alkyl halides is 3. The molecule has 2 heterocycles. The SMILES string of the molecule is C=CC(=O)N1CCc2ccc(Nc3ccnc(C(F)(F)F)c3)cc2C1. The standard InChI is InChI=1S/C18H16F3N3O/c1-2-17(25)24-8-6-12-3-4-14(9-13(12)11-24)23-15-5-7-22-16(10-15)18(19,20)21/h2-5,7,9-10H,1,6,8,11H2,(H,22,23). The Morgan fingerprint density at radius 2 is 1.96 bits per heavy atom. The van der Waals surface area contributed by atoms with E-state index in [1.165, 1.54) is 12.1 Å². The van der Waals surface area contributed by atoms with E-state index in [4.69, 9.17) is 0 Å². The molecular formula is C18H16F3N3O. The summed E-state index contributed by atoms with van der Waals surface area (Å²) >= 11 is 0. The average molecular weight is 347 g/mol. The van der Waals surface area contributed by atoms with Crippen molar-refractivity contribution >= 4 is 17.3 Å². The maximum atomic E-state index is 12.7. The van der Waals surface area contributed by atoms with Gasteiger partial charge in [-0.1, -0.05) is 12.6 Å². The highest BCUT2D eigenvalue weighted by molar-refractivity contribution is 5.87. The van der Waals surface area contributed by atoms with Gasteiger partial charge in [-0.25, -0.2) is 0 Å². The van der Waals surface area contributed by atoms with Crippen LogP contribution in [0.1, 0.15) is 16.8 Å². The molecule has 1 aromatic carbocycles. The van der Waals surface area contributed by atoms with Crippen molar-refractivity contribution in [3.05, 3.63) is 66.0 Å². The molecule has 4 nitrogen and oxygen atoms in total. The smallest absolute Gasteiger partial charge is 0.355 e. The van der Waals surface area contributed by atoms with Gasteiger partial charge in [-0.15, -0.1) is 0 Å². The minimum Gasteiger partial charge on any atom is -0.355 e. The molecule has 2 aromatic rings. The predicted molar refractivity (Wildman–Crippen MR) is 88.3 cm³/mol. The van der Waals surface area contributed by atoms with E-state index in [-0.39, 0.29) is 5.91 Å². The van der Waals surface area contributed by atoms with Crippen LogP contribution in [0, 0.1) is 0 Å². The van der Waals surface area contributed by atoms with Gasteiger partial charge in [-0.05, 0) is 47.9 Å². The van der Waals surface area contributed by atoms with E-state index in [1.807, 2.05) is 18.2 Å². The zero-order chi connectivity index (χ0) is 18.0. The monoisotopic (exact) mass is 347 g/mol. The van der Waals surface area contributed by atoms with E-state index < -0.39 is 11.9 Å². The molecule has 130 valence electrons. The van der Waals surface area contributed by atoms with Gasteiger partial charge < -0.3 is 10.2 Å². The van der Waals surface area contributed by atoms with Gasteiger partial charge in [-0.2, -0.15) is 13.2 Å². The summed E-state index contributed by atoms with van der Waals surface area (Å²) < 4.78 is 38.2. The van der Waals surface area contributed by atoms with Gasteiger partial charge in [-0.3, -0.25) is 9.78 Å². The van der Waals surface area contributed by atoms with Gasteiger partial charge in [0, 0.05) is 30.7 Å². The van der Waals surface area contributed by atoms with Crippen LogP contribution in [-0.4, -0.2) is 22.3 Å². The first-order valence-corrected chi connectivity index (χ1v) is 7.70. The number of halogens is 3. The highest BCUT2D eigenvalue weighted by atomic mass is 19.4. The van der Waals surface area contributed by atoms with E-state index >= 15 is 0 Å². The average Bonchev–Trinajstić information content (AvgIpc) is 2.60. The second kappa shape index (κ2) is 6.58. The second-order valence-electron chi connectivity index (χ2n) is 5.75. The minimum atomic E-state index is -4.49. The predicted octanol–water partition coefficient (Wildman–Crippen LogP) is 3.91. The third kappa shape index (κ3) is 3.81. The highest BCUT2D eigenvalue weighted by Crippen LogP contribution is 2.30. The summed E-state index contributed by atoms with van der Waals surface area (Å²) in [6, 6.07) is 8.04. The molecule has 0 saturated heterocycles. The second-order valence-corrected chi connectivity index (χ2v) is 5.75. The number of hydrogen-bond donors (Lipinski definition) is 1. The lowest BCUT2D eigenvalue weighted by Gasteiger charge is -2.28. The van der Waals surface area contributed by atoms with E-state index in [0.717, 1.165) is 29.8 Å². The lowest BCUT2D eigenvalue weighted by molar-refractivity contribution is -0.141. The number of carbonyl (C=O) groups is 1. The molecule has 7 heteroatoms. The number of benzene rings is 1. The van der Waals surface area contributed by atoms with Crippen LogP contribution in [-0.2, 0) is 23.9 Å². The maximum Gasteiger partial charge on any atom is 0.433 e. The minimum absolute atomic E-state index is 0.132. The van der Waals surface area contributed by atoms with Crippen molar-refractivity contribution in [1.82, 2.24) is 9.88 Å². The molecule has 0 spiro atoms. The molecule has 0 aliphatic carbocycles. The Kier molecular flexibility index (Phi) is 4.48. The first-order chi connectivity index (χ1) is 11.9. The van der Waals surface area contributed by atoms with Crippen molar-refractivity contribution in [2.45, 2.75) is 19.1 Å². The van der Waals surface area contributed by atoms with Gasteiger partial charge >= 0.3 is 6.18 Å². The van der Waals surface area contributed by atoms with Crippen molar-refractivity contribution in [3.63, 3.8) is 0 Å². The fourth-order valence-electron chi connectivity index (χ4n) is 2.78. The largest absolute Gasteiger partial charge is 0.433 e. The molecule has 1 aliphatic rings. The number of hydrogen-bond acceptors (Lipinski definition) is 3. The summed E-state index contributed by atoms with van der Waals surface area (Å²) in [5.41, 5.74) is 2.11. The fourth-order valence-corrected chi connectivity index (χ4v) is 2.78. The number of amides is 1. The van der Waals surface area contributed by atoms with Gasteiger partial charge in [0.2, 0.25) is 5.91 Å². The van der Waals surface area contributed by atoms with Gasteiger partial charge in [0.05, 0.1) is 0 Å². The Hall–Kier alpha value is -2.83. The molecule has 1 aliphatic heterocycles. The molecule has 3 rings (SSSR count). The molecule has 0 unspecified atom stereocenters. The van der Waals surface area contributed by atoms with Crippen LogP contribution < -0.4 is 5.32 Å². The lowest BCUT2D eigenvalue weighted by Crippen LogP contribution is -2.34. The number of nitrogens with one attached hydrogen (secondary N) is 1. The van der Waals surface area contributed by atoms with Crippen molar-refractivity contribution in [2.75, 3.05) is 11.9 Å². The highest BCUT2D eigenvalue weighted by Gasteiger charge is 2.32. The molecule has 0 atom stereocenters. The van der Waals surface area contributed by atoms with Crippen LogP contribution in [0.25, 0.3) is 0 Å². The molecule has 0 fully saturated rings. The van der Waals surface area contributed by atoms with E-state index in [1.54, 1.807) is 4.90 Å². The maximum absolute atomic E-state index is 12.7. The number of pyridine rings is 1. The van der Waals surface area contributed by atoms with E-state index in [9.17, 15) is 18.0 Å². The summed E-state index contributed by atoms with van der Waals surface area (Å²) in [6.45, 7) is 4.58. The fraction of sp³-hybridized carbons (Fsp3) is 0.222. The summed E-state index contributed by atoms with van der Waals surface area (Å²) in [7, 11) is 0. The third-order valence-corrected chi connectivity index (χ3v) is 4.04. The number of nitrogens with zero attached hydrogens (tertiary/aromatic N) is 2. The molecular weight excluding hydrogens is 331 g/mol. The summed E-state index contributed by atoms with van der Waals surface area (Å²) in [4.78, 5) is 16.8. The topological polar surface area (TPSA) is 45.2 Å². The van der Waals surface area contributed by atoms with Crippen molar-refractivity contribution in [2.24, 2.45) is 0 Å². The Balaban J connectivity index is 1.81. The van der Waals surface area contributed by atoms with Crippen molar-refractivity contribution < 1.29 is 18.0 Å². The van der Waals surface area contributed by atoms with E-state index in [2.05, 4.69) is 16.9 Å². The zero-order valence-corrected chi connectivity index (χ0v) is 13.3. The van der Waals surface area contributed by atoms with Crippen LogP contribution in [0.4, 0.5) is 24.5 Å². The number of aromatic nitrogens is 1. The van der Waals surface area contributed by atoms with Gasteiger partial charge in [0.1, 0.15) is 5.69 Å². The first-order valence-electron chi connectivity index (χ1n) is 7.70. The van der Waals surface area contributed by atoms with Crippen LogP contribution in [0.2, 0.25) is 0 Å². The van der Waals surface area contributed by atoms with Crippen molar-refractivity contribution in [3.8, 4) is 0 Å². The molecule has 0 saturated carbocycles. The molecule has 1 aromatic heterocycles. The van der Waals surface area contributed by atoms with Crippen molar-refractivity contribution in [1.29, 1.82) is 0 Å². The summed E-state index contributed by atoms with van der Waals surface area (Å²) in [6.07, 6.45) is -1.35. The van der Waals surface area contributed by atoms with Crippen LogP contribution in [0.5, 0.6) is 0 Å². The Bertz CT molecular complexity index is 817. The Morgan fingerprint density at radius 3 is 2.68 bits per heavy atom. The summed E-state index contributed by atoms with van der Waals surface area (Å²) in [5, 5.41) is 2.96. The molecule has 0 bridgehead atoms. The number of carbonyl (C=O) groups excluding carboxylic acids is 1. The Labute approximate surface area is 143 Å². The Morgan fingerprint density at radius 1 is 1.20 bits per heavy atom. The molecule has 1 N–H and O–H groups in total. The molecule has 1 amide bonds. The normalized spacial score (nSPS) is 14.0. The molecule has 25 heavy (non-hydrogen) atoms. The zero-order valence-electron chi connectivity index (χ0n) is 13.3. The first kappa shape index (κ1) is 17.0. The summed E-state index contributed by atoms with van der Waals surface area (Å²) in [5.74, 6) is -0.132. The lowest BCUT2D eigenvalue weighted by atomic mass is 9.99. The van der Waals surface area contributed by atoms with E-state index in [0.29, 0.717) is 24.5 Å². The van der Waals surface area contributed by atoms with Crippen LogP contribution in [0.15, 0.2) is 49.2 Å². The number of rotatable bonds is 3. The van der Waals surface area contributed by atoms with Gasteiger partial charge in [0.15, 0.2) is 0 Å². The molecule has 0 radical (unpaired) electrons. The quantitative estimate of drug-likeness (QED) is 0.856. The number of anilines is 2. The van der Waals surface area contributed by atoms with Gasteiger partial charge in [0.25, 0.3) is 0 Å². The number of fused-ring (bicyclic) bond motifs is 1. The van der Waals surface area contributed by atoms with Crippen LogP contribution in [0.3, 0.4) is 0 Å². The van der Waals surface area contributed by atoms with Crippen LogP contribution >= 0.6 is 0 Å². The third-order valence-electron chi connectivity index (χ3n) is 4.04.